The van der Waals surface area contributed by atoms with Crippen molar-refractivity contribution >= 4 is 11.8 Å². The molecule has 0 bridgehead atoms. The molecule has 19 heavy (non-hydrogen) atoms. The van der Waals surface area contributed by atoms with Crippen LogP contribution in [0.15, 0.2) is 18.2 Å². The van der Waals surface area contributed by atoms with Crippen LogP contribution in [0.25, 0.3) is 0 Å². The summed E-state index contributed by atoms with van der Waals surface area (Å²) in [5.41, 5.74) is 2.82. The topological polar surface area (TPSA) is 21.3 Å². The molecule has 0 aliphatic carbocycles. The summed E-state index contributed by atoms with van der Waals surface area (Å²) in [5.74, 6) is 2.81. The lowest BCUT2D eigenvalue weighted by molar-refractivity contribution is 0.335. The zero-order valence-corrected chi connectivity index (χ0v) is 13.2. The second-order valence-corrected chi connectivity index (χ2v) is 6.48. The number of hydrogen-bond donors (Lipinski definition) is 1. The van der Waals surface area contributed by atoms with Crippen molar-refractivity contribution in [1.82, 2.24) is 5.32 Å². The van der Waals surface area contributed by atoms with Gasteiger partial charge in [0.15, 0.2) is 0 Å². The van der Waals surface area contributed by atoms with Crippen molar-refractivity contribution in [2.45, 2.75) is 44.7 Å². The summed E-state index contributed by atoms with van der Waals surface area (Å²) >= 11 is 2.06. The molecule has 1 aliphatic heterocycles. The molecule has 1 heterocycles. The van der Waals surface area contributed by atoms with Crippen molar-refractivity contribution in [1.29, 1.82) is 0 Å². The van der Waals surface area contributed by atoms with E-state index in [0.29, 0.717) is 17.2 Å². The first-order chi connectivity index (χ1) is 9.19. The summed E-state index contributed by atoms with van der Waals surface area (Å²) in [6.07, 6.45) is 0. The number of fused-ring (bicyclic) bond motifs is 1. The van der Waals surface area contributed by atoms with Crippen LogP contribution < -0.4 is 10.1 Å². The molecule has 3 heteroatoms. The van der Waals surface area contributed by atoms with Gasteiger partial charge in [0.2, 0.25) is 0 Å². The molecule has 2 atom stereocenters. The minimum Gasteiger partial charge on any atom is -0.494 e. The summed E-state index contributed by atoms with van der Waals surface area (Å²) in [7, 11) is 0. The van der Waals surface area contributed by atoms with Crippen LogP contribution >= 0.6 is 11.8 Å². The van der Waals surface area contributed by atoms with Gasteiger partial charge in [0, 0.05) is 22.6 Å². The number of nitrogens with one attached hydrogen (secondary N) is 1. The van der Waals surface area contributed by atoms with Gasteiger partial charge in [-0.05, 0) is 31.0 Å². The molecule has 0 radical (unpaired) electrons. The predicted octanol–water partition coefficient (Wildman–Crippen LogP) is 4.01. The van der Waals surface area contributed by atoms with E-state index in [4.69, 9.17) is 4.74 Å². The standard InChI is InChI=1S/C16H25NOS/c1-5-17-15-12-8-7-9-14(18-6-2)13(12)10-19-16(15)11(3)4/h7-9,11,15-17H,5-6,10H2,1-4H3. The molecule has 1 aromatic carbocycles. The van der Waals surface area contributed by atoms with Crippen LogP contribution in [0, 0.1) is 5.92 Å². The summed E-state index contributed by atoms with van der Waals surface area (Å²) in [6, 6.07) is 6.93. The van der Waals surface area contributed by atoms with Crippen LogP contribution in [0.4, 0.5) is 0 Å². The Morgan fingerprint density at radius 1 is 1.37 bits per heavy atom. The quantitative estimate of drug-likeness (QED) is 0.880. The lowest BCUT2D eigenvalue weighted by Gasteiger charge is -2.36. The van der Waals surface area contributed by atoms with E-state index in [9.17, 15) is 0 Å². The van der Waals surface area contributed by atoms with Crippen LogP contribution in [-0.2, 0) is 5.75 Å². The molecule has 1 aliphatic rings. The van der Waals surface area contributed by atoms with Gasteiger partial charge in [-0.3, -0.25) is 0 Å². The predicted molar refractivity (Wildman–Crippen MR) is 83.9 cm³/mol. The number of thioether (sulfide) groups is 1. The number of rotatable bonds is 5. The molecule has 0 aromatic heterocycles. The van der Waals surface area contributed by atoms with Crippen molar-refractivity contribution in [2.24, 2.45) is 5.92 Å². The van der Waals surface area contributed by atoms with Gasteiger partial charge in [0.25, 0.3) is 0 Å². The summed E-state index contributed by atoms with van der Waals surface area (Å²) in [4.78, 5) is 0. The minimum absolute atomic E-state index is 0.444. The Labute approximate surface area is 121 Å². The fourth-order valence-electron chi connectivity index (χ4n) is 2.80. The Kier molecular flexibility index (Phi) is 5.17. The van der Waals surface area contributed by atoms with E-state index >= 15 is 0 Å². The maximum Gasteiger partial charge on any atom is 0.123 e. The van der Waals surface area contributed by atoms with Crippen molar-refractivity contribution in [3.63, 3.8) is 0 Å². The molecule has 2 unspecified atom stereocenters. The molecular weight excluding hydrogens is 254 g/mol. The van der Waals surface area contributed by atoms with Gasteiger partial charge in [-0.25, -0.2) is 0 Å². The van der Waals surface area contributed by atoms with E-state index in [2.05, 4.69) is 56.0 Å². The Balaban J connectivity index is 2.37. The Morgan fingerprint density at radius 3 is 2.79 bits per heavy atom. The third kappa shape index (κ3) is 3.09. The first-order valence-electron chi connectivity index (χ1n) is 7.28. The Bertz CT molecular complexity index is 419. The lowest BCUT2D eigenvalue weighted by atomic mass is 9.92. The van der Waals surface area contributed by atoms with E-state index in [1.54, 1.807) is 0 Å². The highest BCUT2D eigenvalue weighted by Crippen LogP contribution is 2.44. The highest BCUT2D eigenvalue weighted by molar-refractivity contribution is 7.99. The maximum atomic E-state index is 5.79. The van der Waals surface area contributed by atoms with Crippen molar-refractivity contribution in [2.75, 3.05) is 13.2 Å². The van der Waals surface area contributed by atoms with Gasteiger partial charge in [-0.15, -0.1) is 0 Å². The van der Waals surface area contributed by atoms with Gasteiger partial charge in [0.1, 0.15) is 5.75 Å². The monoisotopic (exact) mass is 279 g/mol. The fourth-order valence-corrected chi connectivity index (χ4v) is 4.28. The molecule has 0 saturated carbocycles. The van der Waals surface area contributed by atoms with Gasteiger partial charge in [-0.2, -0.15) is 11.8 Å². The van der Waals surface area contributed by atoms with Crippen LogP contribution in [0.5, 0.6) is 5.75 Å². The molecule has 106 valence electrons. The van der Waals surface area contributed by atoms with E-state index < -0.39 is 0 Å². The summed E-state index contributed by atoms with van der Waals surface area (Å²) in [5, 5.41) is 4.31. The van der Waals surface area contributed by atoms with Crippen molar-refractivity contribution < 1.29 is 4.74 Å². The van der Waals surface area contributed by atoms with E-state index in [0.717, 1.165) is 24.7 Å². The molecule has 2 nitrogen and oxygen atoms in total. The van der Waals surface area contributed by atoms with E-state index in [1.807, 2.05) is 6.92 Å². The third-order valence-electron chi connectivity index (χ3n) is 3.63. The lowest BCUT2D eigenvalue weighted by Crippen LogP contribution is -2.36. The Hall–Kier alpha value is -0.670. The second-order valence-electron chi connectivity index (χ2n) is 5.31. The first-order valence-corrected chi connectivity index (χ1v) is 8.33. The van der Waals surface area contributed by atoms with Crippen molar-refractivity contribution in [3.05, 3.63) is 29.3 Å². The molecule has 0 spiro atoms. The van der Waals surface area contributed by atoms with Crippen LogP contribution in [0.1, 0.15) is 44.9 Å². The van der Waals surface area contributed by atoms with Crippen LogP contribution in [0.2, 0.25) is 0 Å². The second kappa shape index (κ2) is 6.67. The van der Waals surface area contributed by atoms with Gasteiger partial charge in [-0.1, -0.05) is 32.9 Å². The highest BCUT2D eigenvalue weighted by Gasteiger charge is 2.32. The van der Waals surface area contributed by atoms with Crippen molar-refractivity contribution in [3.8, 4) is 5.75 Å². The molecule has 0 amide bonds. The molecule has 0 saturated heterocycles. The summed E-state index contributed by atoms with van der Waals surface area (Å²) in [6.45, 7) is 10.6. The van der Waals surface area contributed by atoms with Crippen LogP contribution in [0.3, 0.4) is 0 Å². The SMILES string of the molecule is CCNC1c2cccc(OCC)c2CSC1C(C)C. The molecule has 1 aromatic rings. The minimum atomic E-state index is 0.444. The smallest absolute Gasteiger partial charge is 0.123 e. The Morgan fingerprint density at radius 2 is 2.16 bits per heavy atom. The molecule has 1 N–H and O–H groups in total. The van der Waals surface area contributed by atoms with Crippen LogP contribution in [-0.4, -0.2) is 18.4 Å². The highest BCUT2D eigenvalue weighted by atomic mass is 32.2. The average molecular weight is 279 g/mol. The molecule has 0 fully saturated rings. The largest absolute Gasteiger partial charge is 0.494 e. The molecule has 2 rings (SSSR count). The fraction of sp³-hybridized carbons (Fsp3) is 0.625. The zero-order chi connectivity index (χ0) is 13.8. The van der Waals surface area contributed by atoms with E-state index in [1.165, 1.54) is 11.1 Å². The molecular formula is C16H25NOS. The van der Waals surface area contributed by atoms with Gasteiger partial charge >= 0.3 is 0 Å². The first kappa shape index (κ1) is 14.7. The number of ether oxygens (including phenoxy) is 1. The van der Waals surface area contributed by atoms with Gasteiger partial charge in [0.05, 0.1) is 6.61 Å². The average Bonchev–Trinajstić information content (AvgIpc) is 2.40. The third-order valence-corrected chi connectivity index (χ3v) is 5.29. The maximum absolute atomic E-state index is 5.79. The number of hydrogen-bond acceptors (Lipinski definition) is 3. The summed E-state index contributed by atoms with van der Waals surface area (Å²) < 4.78 is 5.79. The van der Waals surface area contributed by atoms with Gasteiger partial charge < -0.3 is 10.1 Å². The zero-order valence-electron chi connectivity index (χ0n) is 12.4. The normalized spacial score (nSPS) is 22.4. The number of benzene rings is 1. The van der Waals surface area contributed by atoms with E-state index in [-0.39, 0.29) is 0 Å².